The molecule has 0 bridgehead atoms. The highest BCUT2D eigenvalue weighted by molar-refractivity contribution is 5.89. The first-order chi connectivity index (χ1) is 8.68. The highest BCUT2D eigenvalue weighted by Gasteiger charge is 2.09. The van der Waals surface area contributed by atoms with Crippen molar-refractivity contribution in [2.24, 2.45) is 0 Å². The van der Waals surface area contributed by atoms with Crippen LogP contribution in [-0.4, -0.2) is 16.1 Å². The molecule has 0 unspecified atom stereocenters. The Hall–Kier alpha value is -2.16. The van der Waals surface area contributed by atoms with Crippen LogP contribution in [0.1, 0.15) is 27.0 Å². The molecule has 92 valence electrons. The number of nitrogens with zero attached hydrogens (tertiary/aromatic N) is 1. The number of aryl methyl sites for hydroxylation is 2. The van der Waals surface area contributed by atoms with Crippen LogP contribution >= 0.6 is 0 Å². The molecule has 0 aliphatic heterocycles. The summed E-state index contributed by atoms with van der Waals surface area (Å²) in [6.07, 6.45) is 5.30. The van der Waals surface area contributed by atoms with E-state index in [1.54, 1.807) is 18.3 Å². The van der Waals surface area contributed by atoms with Crippen molar-refractivity contribution in [1.82, 2.24) is 4.98 Å². The van der Waals surface area contributed by atoms with E-state index in [0.717, 1.165) is 29.5 Å². The van der Waals surface area contributed by atoms with Crippen molar-refractivity contribution in [2.45, 2.75) is 19.8 Å². The zero-order chi connectivity index (χ0) is 13.0. The van der Waals surface area contributed by atoms with Crippen LogP contribution in [0.15, 0.2) is 42.7 Å². The third kappa shape index (κ3) is 2.74. The normalized spacial score (nSPS) is 10.3. The predicted molar refractivity (Wildman–Crippen MR) is 69.8 cm³/mol. The van der Waals surface area contributed by atoms with Crippen molar-refractivity contribution in [3.8, 4) is 0 Å². The summed E-state index contributed by atoms with van der Waals surface area (Å²) in [5, 5.41) is 9.07. The van der Waals surface area contributed by atoms with Crippen molar-refractivity contribution in [2.75, 3.05) is 0 Å². The van der Waals surface area contributed by atoms with Gasteiger partial charge in [-0.3, -0.25) is 4.98 Å². The minimum atomic E-state index is -0.865. The van der Waals surface area contributed by atoms with Crippen LogP contribution in [0, 0.1) is 6.92 Å². The van der Waals surface area contributed by atoms with Crippen LogP contribution in [-0.2, 0) is 12.8 Å². The molecule has 3 heteroatoms. The van der Waals surface area contributed by atoms with Crippen molar-refractivity contribution in [1.29, 1.82) is 0 Å². The highest BCUT2D eigenvalue weighted by atomic mass is 16.4. The molecule has 0 atom stereocenters. The summed E-state index contributed by atoms with van der Waals surface area (Å²) in [6.45, 7) is 1.86. The molecule has 2 rings (SSSR count). The van der Waals surface area contributed by atoms with E-state index in [4.69, 9.17) is 5.11 Å². The molecule has 1 aromatic carbocycles. The number of benzene rings is 1. The van der Waals surface area contributed by atoms with Gasteiger partial charge in [-0.2, -0.15) is 0 Å². The molecule has 1 N–H and O–H groups in total. The van der Waals surface area contributed by atoms with E-state index < -0.39 is 5.97 Å². The fourth-order valence-corrected chi connectivity index (χ4v) is 2.01. The second-order valence-corrected chi connectivity index (χ2v) is 4.26. The van der Waals surface area contributed by atoms with Gasteiger partial charge in [0.05, 0.1) is 5.56 Å². The molecule has 0 aliphatic rings. The summed E-state index contributed by atoms with van der Waals surface area (Å²) in [5.74, 6) is -0.865. The number of aromatic carboxylic acids is 1. The van der Waals surface area contributed by atoms with E-state index in [2.05, 4.69) is 4.98 Å². The summed E-state index contributed by atoms with van der Waals surface area (Å²) in [4.78, 5) is 15.1. The fraction of sp³-hybridized carbons (Fsp3) is 0.200. The predicted octanol–water partition coefficient (Wildman–Crippen LogP) is 2.87. The summed E-state index contributed by atoms with van der Waals surface area (Å²) < 4.78 is 0. The Labute approximate surface area is 106 Å². The molecule has 0 amide bonds. The molecular weight excluding hydrogens is 226 g/mol. The number of aromatic nitrogens is 1. The molecule has 18 heavy (non-hydrogen) atoms. The Morgan fingerprint density at radius 3 is 2.72 bits per heavy atom. The topological polar surface area (TPSA) is 50.2 Å². The lowest BCUT2D eigenvalue weighted by Gasteiger charge is -2.08. The summed E-state index contributed by atoms with van der Waals surface area (Å²) in [6, 6.07) is 9.37. The SMILES string of the molecule is Cc1c(CCc2cccnc2)cccc1C(=O)O. The van der Waals surface area contributed by atoms with E-state index in [1.165, 1.54) is 0 Å². The van der Waals surface area contributed by atoms with E-state index in [1.807, 2.05) is 31.3 Å². The van der Waals surface area contributed by atoms with Crippen molar-refractivity contribution in [3.05, 3.63) is 65.0 Å². The Balaban J connectivity index is 2.15. The molecule has 0 aliphatic carbocycles. The van der Waals surface area contributed by atoms with Gasteiger partial charge >= 0.3 is 5.97 Å². The Morgan fingerprint density at radius 1 is 1.22 bits per heavy atom. The van der Waals surface area contributed by atoms with Crippen LogP contribution in [0.5, 0.6) is 0 Å². The van der Waals surface area contributed by atoms with Gasteiger partial charge in [-0.1, -0.05) is 18.2 Å². The molecule has 0 fully saturated rings. The molecule has 2 aromatic rings. The maximum Gasteiger partial charge on any atom is 0.335 e. The standard InChI is InChI=1S/C15H15NO2/c1-11-13(5-2-6-14(11)15(17)18)8-7-12-4-3-9-16-10-12/h2-6,9-10H,7-8H2,1H3,(H,17,18). The quantitative estimate of drug-likeness (QED) is 0.895. The third-order valence-electron chi connectivity index (χ3n) is 3.08. The summed E-state index contributed by atoms with van der Waals surface area (Å²) >= 11 is 0. The van der Waals surface area contributed by atoms with Crippen LogP contribution in [0.3, 0.4) is 0 Å². The maximum atomic E-state index is 11.0. The number of hydrogen-bond acceptors (Lipinski definition) is 2. The number of carboxylic acid groups (broad SMARTS) is 1. The van der Waals surface area contributed by atoms with Gasteiger partial charge in [0, 0.05) is 12.4 Å². The van der Waals surface area contributed by atoms with E-state index in [-0.39, 0.29) is 0 Å². The van der Waals surface area contributed by atoms with Gasteiger partial charge in [0.2, 0.25) is 0 Å². The van der Waals surface area contributed by atoms with Crippen LogP contribution in [0.4, 0.5) is 0 Å². The number of rotatable bonds is 4. The number of carboxylic acids is 1. The first-order valence-electron chi connectivity index (χ1n) is 5.89. The molecule has 0 radical (unpaired) electrons. The lowest BCUT2D eigenvalue weighted by atomic mass is 9.97. The zero-order valence-corrected chi connectivity index (χ0v) is 10.3. The van der Waals surface area contributed by atoms with Crippen LogP contribution < -0.4 is 0 Å². The highest BCUT2D eigenvalue weighted by Crippen LogP contribution is 2.16. The lowest BCUT2D eigenvalue weighted by molar-refractivity contribution is 0.0696. The van der Waals surface area contributed by atoms with Crippen molar-refractivity contribution < 1.29 is 9.90 Å². The number of hydrogen-bond donors (Lipinski definition) is 1. The average Bonchev–Trinajstić information content (AvgIpc) is 2.38. The van der Waals surface area contributed by atoms with Gasteiger partial charge in [0.25, 0.3) is 0 Å². The van der Waals surface area contributed by atoms with Crippen molar-refractivity contribution in [3.63, 3.8) is 0 Å². The van der Waals surface area contributed by atoms with Crippen molar-refractivity contribution >= 4 is 5.97 Å². The number of carbonyl (C=O) groups is 1. The van der Waals surface area contributed by atoms with Gasteiger partial charge in [0.15, 0.2) is 0 Å². The average molecular weight is 241 g/mol. The minimum absolute atomic E-state index is 0.388. The lowest BCUT2D eigenvalue weighted by Crippen LogP contribution is -2.03. The van der Waals surface area contributed by atoms with E-state index >= 15 is 0 Å². The Morgan fingerprint density at radius 2 is 2.06 bits per heavy atom. The monoisotopic (exact) mass is 241 g/mol. The second-order valence-electron chi connectivity index (χ2n) is 4.26. The molecule has 0 saturated carbocycles. The molecule has 3 nitrogen and oxygen atoms in total. The molecule has 0 spiro atoms. The second kappa shape index (κ2) is 5.45. The zero-order valence-electron chi connectivity index (χ0n) is 10.3. The van der Waals surface area contributed by atoms with Crippen LogP contribution in [0.25, 0.3) is 0 Å². The largest absolute Gasteiger partial charge is 0.478 e. The Bertz CT molecular complexity index is 550. The van der Waals surface area contributed by atoms with Gasteiger partial charge < -0.3 is 5.11 Å². The first kappa shape index (κ1) is 12.3. The summed E-state index contributed by atoms with van der Waals surface area (Å²) in [5.41, 5.74) is 3.49. The smallest absolute Gasteiger partial charge is 0.335 e. The van der Waals surface area contributed by atoms with Gasteiger partial charge in [0.1, 0.15) is 0 Å². The van der Waals surface area contributed by atoms with E-state index in [9.17, 15) is 4.79 Å². The molecular formula is C15H15NO2. The minimum Gasteiger partial charge on any atom is -0.478 e. The maximum absolute atomic E-state index is 11.0. The van der Waals surface area contributed by atoms with Gasteiger partial charge in [-0.25, -0.2) is 4.79 Å². The van der Waals surface area contributed by atoms with E-state index in [0.29, 0.717) is 5.56 Å². The molecule has 1 heterocycles. The third-order valence-corrected chi connectivity index (χ3v) is 3.08. The van der Waals surface area contributed by atoms with Gasteiger partial charge in [-0.05, 0) is 48.6 Å². The fourth-order valence-electron chi connectivity index (χ4n) is 2.01. The first-order valence-corrected chi connectivity index (χ1v) is 5.89. The molecule has 0 saturated heterocycles. The number of pyridine rings is 1. The summed E-state index contributed by atoms with van der Waals surface area (Å²) in [7, 11) is 0. The Kier molecular flexibility index (Phi) is 3.72. The van der Waals surface area contributed by atoms with Crippen LogP contribution in [0.2, 0.25) is 0 Å². The van der Waals surface area contributed by atoms with Gasteiger partial charge in [-0.15, -0.1) is 0 Å². The molecule has 1 aromatic heterocycles.